The molecule has 0 radical (unpaired) electrons. The molecule has 5 amide bonds. The van der Waals surface area contributed by atoms with Crippen molar-refractivity contribution in [2.24, 2.45) is 9.98 Å². The monoisotopic (exact) mass is 563 g/mol. The van der Waals surface area contributed by atoms with E-state index in [-0.39, 0.29) is 23.5 Å². The Bertz CT molecular complexity index is 1490. The smallest absolute Gasteiger partial charge is 0.323 e. The summed E-state index contributed by atoms with van der Waals surface area (Å²) >= 11 is 0. The molecule has 0 fully saturated rings. The number of urea groups is 2. The Kier molecular flexibility index (Phi) is 8.59. The summed E-state index contributed by atoms with van der Waals surface area (Å²) in [5.74, 6) is 3.53. The fraction of sp³-hybridized carbons (Fsp3) is 0.167. The highest BCUT2D eigenvalue weighted by molar-refractivity contribution is 6.06. The molecule has 7 N–H and O–H groups in total. The van der Waals surface area contributed by atoms with Crippen LogP contribution in [0, 0.1) is 12.3 Å². The van der Waals surface area contributed by atoms with Crippen LogP contribution in [0.5, 0.6) is 0 Å². The standard InChI is InChI=1S/C30H29N9O3/c1-2-11-35-28(40)21-16-24(38-29(41)36-22-7-3-19(4-8-22)26-31-12-13-32-26)18-25(17-21)39-30(42)37-23-9-5-20(6-10-23)27-33-14-15-34-27/h1,3-10,16-18H,11-15H2,(H,31,32)(H,33,34)(H,35,40)(H2,36,38,41)(H2,37,39,42). The second kappa shape index (κ2) is 13.0. The Morgan fingerprint density at radius 2 is 1.14 bits per heavy atom. The summed E-state index contributed by atoms with van der Waals surface area (Å²) in [7, 11) is 0. The maximum Gasteiger partial charge on any atom is 0.323 e. The Hall–Kier alpha value is -5.83. The molecule has 0 saturated carbocycles. The number of aliphatic imine (C=N–C) groups is 2. The molecule has 12 nitrogen and oxygen atoms in total. The van der Waals surface area contributed by atoms with Crippen LogP contribution in [0.2, 0.25) is 0 Å². The number of hydrogen-bond acceptors (Lipinski definition) is 7. The van der Waals surface area contributed by atoms with Crippen molar-refractivity contribution in [2.45, 2.75) is 0 Å². The average molecular weight is 564 g/mol. The molecule has 212 valence electrons. The highest BCUT2D eigenvalue weighted by Crippen LogP contribution is 2.21. The molecule has 2 heterocycles. The second-order valence-electron chi connectivity index (χ2n) is 9.31. The van der Waals surface area contributed by atoms with E-state index in [1.807, 2.05) is 24.3 Å². The molecule has 0 atom stereocenters. The van der Waals surface area contributed by atoms with Crippen LogP contribution in [-0.2, 0) is 0 Å². The number of amidine groups is 2. The van der Waals surface area contributed by atoms with Gasteiger partial charge in [-0.05, 0) is 66.7 Å². The first kappa shape index (κ1) is 27.7. The van der Waals surface area contributed by atoms with E-state index in [1.54, 1.807) is 24.3 Å². The van der Waals surface area contributed by atoms with Crippen LogP contribution in [-0.4, -0.2) is 62.4 Å². The van der Waals surface area contributed by atoms with Crippen molar-refractivity contribution in [1.82, 2.24) is 16.0 Å². The first-order valence-electron chi connectivity index (χ1n) is 13.3. The van der Waals surface area contributed by atoms with E-state index < -0.39 is 18.0 Å². The van der Waals surface area contributed by atoms with Gasteiger partial charge >= 0.3 is 12.1 Å². The van der Waals surface area contributed by atoms with E-state index in [4.69, 9.17) is 6.42 Å². The first-order valence-corrected chi connectivity index (χ1v) is 13.3. The van der Waals surface area contributed by atoms with E-state index in [9.17, 15) is 14.4 Å². The normalized spacial score (nSPS) is 13.4. The molecule has 12 heteroatoms. The fourth-order valence-electron chi connectivity index (χ4n) is 4.33. The quantitative estimate of drug-likeness (QED) is 0.210. The minimum Gasteiger partial charge on any atom is -0.368 e. The summed E-state index contributed by atoms with van der Waals surface area (Å²) in [5.41, 5.74) is 3.75. The van der Waals surface area contributed by atoms with Gasteiger partial charge in [0, 0.05) is 52.5 Å². The Labute approximate surface area is 242 Å². The van der Waals surface area contributed by atoms with Crippen molar-refractivity contribution in [3.05, 3.63) is 83.4 Å². The molecule has 0 saturated heterocycles. The van der Waals surface area contributed by atoms with Crippen LogP contribution in [0.4, 0.5) is 32.3 Å². The molecular formula is C30H29N9O3. The first-order chi connectivity index (χ1) is 20.5. The summed E-state index contributed by atoms with van der Waals surface area (Å²) in [6, 6.07) is 17.9. The number of hydrogen-bond donors (Lipinski definition) is 7. The molecule has 3 aromatic carbocycles. The molecule has 5 rings (SSSR count). The van der Waals surface area contributed by atoms with Gasteiger partial charge in [-0.2, -0.15) is 0 Å². The topological polar surface area (TPSA) is 160 Å². The van der Waals surface area contributed by atoms with Gasteiger partial charge in [0.05, 0.1) is 19.6 Å². The van der Waals surface area contributed by atoms with E-state index in [2.05, 4.69) is 53.1 Å². The van der Waals surface area contributed by atoms with E-state index in [0.29, 0.717) is 11.4 Å². The molecule has 42 heavy (non-hydrogen) atoms. The van der Waals surface area contributed by atoms with Crippen LogP contribution in [0.15, 0.2) is 76.7 Å². The lowest BCUT2D eigenvalue weighted by atomic mass is 10.1. The number of terminal acetylenes is 1. The van der Waals surface area contributed by atoms with Gasteiger partial charge in [-0.15, -0.1) is 6.42 Å². The van der Waals surface area contributed by atoms with Crippen LogP contribution in [0.25, 0.3) is 0 Å². The Morgan fingerprint density at radius 1 is 0.690 bits per heavy atom. The number of amides is 5. The third-order valence-electron chi connectivity index (χ3n) is 6.24. The maximum atomic E-state index is 12.8. The number of carbonyl (C=O) groups is 3. The van der Waals surface area contributed by atoms with Crippen molar-refractivity contribution in [3.63, 3.8) is 0 Å². The van der Waals surface area contributed by atoms with E-state index in [1.165, 1.54) is 18.2 Å². The van der Waals surface area contributed by atoms with Crippen molar-refractivity contribution >= 4 is 52.4 Å². The number of benzene rings is 3. The maximum absolute atomic E-state index is 12.8. The fourth-order valence-corrected chi connectivity index (χ4v) is 4.33. The molecule has 2 aliphatic heterocycles. The third-order valence-corrected chi connectivity index (χ3v) is 6.24. The molecule has 0 aromatic heterocycles. The van der Waals surface area contributed by atoms with Gasteiger partial charge in [-0.25, -0.2) is 9.59 Å². The predicted molar refractivity (Wildman–Crippen MR) is 165 cm³/mol. The van der Waals surface area contributed by atoms with E-state index in [0.717, 1.165) is 49.0 Å². The largest absolute Gasteiger partial charge is 0.368 e. The van der Waals surface area contributed by atoms with Crippen molar-refractivity contribution in [2.75, 3.05) is 54.0 Å². The van der Waals surface area contributed by atoms with Crippen LogP contribution >= 0.6 is 0 Å². The molecule has 0 bridgehead atoms. The average Bonchev–Trinajstić information content (AvgIpc) is 3.72. The second-order valence-corrected chi connectivity index (χ2v) is 9.31. The van der Waals surface area contributed by atoms with Gasteiger partial charge in [0.15, 0.2) is 0 Å². The van der Waals surface area contributed by atoms with Crippen molar-refractivity contribution < 1.29 is 14.4 Å². The lowest BCUT2D eigenvalue weighted by molar-refractivity contribution is 0.0958. The Morgan fingerprint density at radius 3 is 1.55 bits per heavy atom. The summed E-state index contributed by atoms with van der Waals surface area (Å²) in [6.07, 6.45) is 5.27. The molecule has 0 unspecified atom stereocenters. The molecule has 3 aromatic rings. The van der Waals surface area contributed by atoms with Crippen LogP contribution < -0.4 is 37.2 Å². The third kappa shape index (κ3) is 7.22. The van der Waals surface area contributed by atoms with E-state index >= 15 is 0 Å². The van der Waals surface area contributed by atoms with Gasteiger partial charge in [0.1, 0.15) is 11.7 Å². The highest BCUT2D eigenvalue weighted by atomic mass is 16.2. The number of nitrogens with one attached hydrogen (secondary N) is 7. The van der Waals surface area contributed by atoms with Crippen LogP contribution in [0.3, 0.4) is 0 Å². The molecule has 0 spiro atoms. The van der Waals surface area contributed by atoms with Gasteiger partial charge < -0.3 is 37.2 Å². The number of anilines is 4. The zero-order valence-corrected chi connectivity index (χ0v) is 22.6. The number of carbonyl (C=O) groups excluding carboxylic acids is 3. The number of rotatable bonds is 8. The summed E-state index contributed by atoms with van der Waals surface area (Å²) in [5, 5.41) is 19.9. The van der Waals surface area contributed by atoms with Gasteiger partial charge in [-0.3, -0.25) is 14.8 Å². The lowest BCUT2D eigenvalue weighted by Crippen LogP contribution is -2.25. The Balaban J connectivity index is 1.25. The molecular weight excluding hydrogens is 534 g/mol. The minimum absolute atomic E-state index is 0.0239. The van der Waals surface area contributed by atoms with Gasteiger partial charge in [0.2, 0.25) is 0 Å². The van der Waals surface area contributed by atoms with Gasteiger partial charge in [-0.1, -0.05) is 5.92 Å². The van der Waals surface area contributed by atoms with Crippen molar-refractivity contribution in [1.29, 1.82) is 0 Å². The zero-order chi connectivity index (χ0) is 29.3. The van der Waals surface area contributed by atoms with Gasteiger partial charge in [0.25, 0.3) is 5.91 Å². The summed E-state index contributed by atoms with van der Waals surface area (Å²) < 4.78 is 0. The lowest BCUT2D eigenvalue weighted by Gasteiger charge is -2.13. The summed E-state index contributed by atoms with van der Waals surface area (Å²) in [4.78, 5) is 47.0. The SMILES string of the molecule is C#CCNC(=O)c1cc(NC(=O)Nc2ccc(C3=NCCN3)cc2)cc(NC(=O)Nc2ccc(C3=NCCN3)cc2)c1. The zero-order valence-electron chi connectivity index (χ0n) is 22.6. The minimum atomic E-state index is -0.530. The molecule has 0 aliphatic carbocycles. The van der Waals surface area contributed by atoms with Crippen LogP contribution in [0.1, 0.15) is 21.5 Å². The molecule has 2 aliphatic rings. The predicted octanol–water partition coefficient (Wildman–Crippen LogP) is 3.04. The highest BCUT2D eigenvalue weighted by Gasteiger charge is 2.14. The van der Waals surface area contributed by atoms with Crippen molar-refractivity contribution in [3.8, 4) is 12.3 Å². The number of nitrogens with zero attached hydrogens (tertiary/aromatic N) is 2. The summed E-state index contributed by atoms with van der Waals surface area (Å²) in [6.45, 7) is 3.10.